The maximum Gasteiger partial charge on any atom is 0.359 e. The fourth-order valence-electron chi connectivity index (χ4n) is 4.03. The van der Waals surface area contributed by atoms with Crippen molar-refractivity contribution in [3.05, 3.63) is 30.7 Å². The first-order valence-electron chi connectivity index (χ1n) is 7.53. The van der Waals surface area contributed by atoms with E-state index in [1.54, 1.807) is 0 Å². The number of rotatable bonds is 1. The minimum atomic E-state index is 0.161. The minimum absolute atomic E-state index is 0.161. The Balaban J connectivity index is 1.96. The van der Waals surface area contributed by atoms with E-state index in [4.69, 9.17) is 0 Å². The molecule has 1 aliphatic heterocycles. The summed E-state index contributed by atoms with van der Waals surface area (Å²) < 4.78 is 6.92. The van der Waals surface area contributed by atoms with Crippen LogP contribution in [-0.2, 0) is 12.6 Å². The van der Waals surface area contributed by atoms with Crippen LogP contribution in [-0.4, -0.2) is 19.8 Å². The summed E-state index contributed by atoms with van der Waals surface area (Å²) in [5, 5.41) is 0. The molecule has 0 atom stereocenters. The summed E-state index contributed by atoms with van der Waals surface area (Å²) in [5.41, 5.74) is 1.59. The van der Waals surface area contributed by atoms with E-state index in [1.165, 1.54) is 43.6 Å². The van der Waals surface area contributed by atoms with E-state index < -0.39 is 0 Å². The Kier molecular flexibility index (Phi) is 2.43. The lowest BCUT2D eigenvalue weighted by Gasteiger charge is -2.32. The number of hydrogen-bond donors (Lipinski definition) is 0. The third-order valence-electron chi connectivity index (χ3n) is 5.12. The van der Waals surface area contributed by atoms with Crippen LogP contribution in [0.1, 0.15) is 39.0 Å². The molecule has 0 unspecified atom stereocenters. The molecule has 0 saturated heterocycles. The molecule has 0 N–H and O–H groups in total. The molecule has 2 aromatic rings. The average Bonchev–Trinajstić information content (AvgIpc) is 3.14. The van der Waals surface area contributed by atoms with Crippen LogP contribution in [0.25, 0.3) is 0 Å². The molecule has 4 rings (SSSR count). The molecule has 104 valence electrons. The van der Waals surface area contributed by atoms with Gasteiger partial charge in [-0.2, -0.15) is 4.58 Å². The lowest BCUT2D eigenvalue weighted by Crippen LogP contribution is -2.40. The molecule has 1 saturated carbocycles. The first kappa shape index (κ1) is 11.9. The zero-order chi connectivity index (χ0) is 13.7. The van der Waals surface area contributed by atoms with Crippen molar-refractivity contribution in [3.63, 3.8) is 0 Å². The van der Waals surface area contributed by atoms with Gasteiger partial charge in [0.25, 0.3) is 0 Å². The highest BCUT2D eigenvalue weighted by Gasteiger charge is 2.49. The molecule has 0 bridgehead atoms. The van der Waals surface area contributed by atoms with Crippen molar-refractivity contribution >= 4 is 17.5 Å². The van der Waals surface area contributed by atoms with Crippen molar-refractivity contribution in [1.82, 2.24) is 18.7 Å². The van der Waals surface area contributed by atoms with Gasteiger partial charge in [0.2, 0.25) is 5.82 Å². The number of fused-ring (bicyclic) bond motifs is 2. The van der Waals surface area contributed by atoms with Crippen molar-refractivity contribution in [3.8, 4) is 0 Å². The summed E-state index contributed by atoms with van der Waals surface area (Å²) in [4.78, 5) is 4.63. The Morgan fingerprint density at radius 3 is 2.70 bits per heavy atom. The second-order valence-electron chi connectivity index (χ2n) is 6.09. The normalized spacial score (nSPS) is 20.7. The number of nitrogens with zero attached hydrogens (tertiary/aromatic N) is 4. The van der Waals surface area contributed by atoms with Gasteiger partial charge in [0.05, 0.1) is 11.9 Å². The molecule has 1 spiro atoms. The fourth-order valence-corrected chi connectivity index (χ4v) is 4.03. The first-order valence-corrected chi connectivity index (χ1v) is 7.53. The summed E-state index contributed by atoms with van der Waals surface area (Å²) >= 11 is 0. The molecule has 4 nitrogen and oxygen atoms in total. The van der Waals surface area contributed by atoms with Crippen molar-refractivity contribution in [2.24, 2.45) is 7.05 Å². The van der Waals surface area contributed by atoms with Crippen LogP contribution in [0.3, 0.4) is 0 Å². The lowest BCUT2D eigenvalue weighted by atomic mass is 9.78. The SMILES string of the molecule is CC1=[N+](c2cccn2C)c2nccn2C12CCCCC2. The fraction of sp³-hybridized carbons (Fsp3) is 0.500. The third-order valence-corrected chi connectivity index (χ3v) is 5.12. The van der Waals surface area contributed by atoms with E-state index >= 15 is 0 Å². The molecule has 1 aliphatic carbocycles. The van der Waals surface area contributed by atoms with Crippen LogP contribution in [0.4, 0.5) is 11.8 Å². The predicted octanol–water partition coefficient (Wildman–Crippen LogP) is 3.19. The van der Waals surface area contributed by atoms with E-state index in [-0.39, 0.29) is 5.54 Å². The quantitative estimate of drug-likeness (QED) is 0.730. The van der Waals surface area contributed by atoms with Crippen molar-refractivity contribution in [2.75, 3.05) is 0 Å². The zero-order valence-corrected chi connectivity index (χ0v) is 12.2. The van der Waals surface area contributed by atoms with Crippen LogP contribution < -0.4 is 4.58 Å². The van der Waals surface area contributed by atoms with Crippen LogP contribution in [0.2, 0.25) is 0 Å². The molecule has 0 amide bonds. The Morgan fingerprint density at radius 2 is 2.00 bits per heavy atom. The van der Waals surface area contributed by atoms with E-state index in [9.17, 15) is 0 Å². The molecule has 1 fully saturated rings. The third kappa shape index (κ3) is 1.37. The van der Waals surface area contributed by atoms with Crippen molar-refractivity contribution < 1.29 is 0 Å². The van der Waals surface area contributed by atoms with Gasteiger partial charge in [-0.05, 0) is 38.7 Å². The summed E-state index contributed by atoms with van der Waals surface area (Å²) in [6.45, 7) is 2.28. The Bertz CT molecular complexity index is 683. The molecule has 3 heterocycles. The van der Waals surface area contributed by atoms with E-state index in [0.29, 0.717) is 0 Å². The van der Waals surface area contributed by atoms with Gasteiger partial charge in [-0.15, -0.1) is 4.98 Å². The number of hydrogen-bond acceptors (Lipinski definition) is 1. The van der Waals surface area contributed by atoms with Gasteiger partial charge in [-0.1, -0.05) is 6.42 Å². The van der Waals surface area contributed by atoms with Crippen LogP contribution in [0.5, 0.6) is 0 Å². The summed E-state index contributed by atoms with van der Waals surface area (Å²) in [7, 11) is 2.10. The van der Waals surface area contributed by atoms with Crippen LogP contribution in [0.15, 0.2) is 30.7 Å². The van der Waals surface area contributed by atoms with Crippen LogP contribution in [0, 0.1) is 0 Å². The van der Waals surface area contributed by atoms with Crippen molar-refractivity contribution in [1.29, 1.82) is 0 Å². The summed E-state index contributed by atoms with van der Waals surface area (Å²) in [6, 6.07) is 4.27. The lowest BCUT2D eigenvalue weighted by molar-refractivity contribution is 0.292. The highest BCUT2D eigenvalue weighted by atomic mass is 15.4. The number of aromatic nitrogens is 3. The molecule has 2 aliphatic rings. The van der Waals surface area contributed by atoms with Gasteiger partial charge in [0.15, 0.2) is 0 Å². The molecule has 0 aromatic carbocycles. The van der Waals surface area contributed by atoms with E-state index in [1.807, 2.05) is 6.20 Å². The highest BCUT2D eigenvalue weighted by molar-refractivity contribution is 5.96. The average molecular weight is 269 g/mol. The Hall–Kier alpha value is -1.84. The van der Waals surface area contributed by atoms with E-state index in [0.717, 1.165) is 5.95 Å². The molecule has 4 heteroatoms. The molecular formula is C16H21N4+. The topological polar surface area (TPSA) is 25.8 Å². The first-order chi connectivity index (χ1) is 9.74. The molecule has 20 heavy (non-hydrogen) atoms. The zero-order valence-electron chi connectivity index (χ0n) is 12.2. The van der Waals surface area contributed by atoms with Crippen LogP contribution >= 0.6 is 0 Å². The van der Waals surface area contributed by atoms with Gasteiger partial charge < -0.3 is 0 Å². The molecule has 0 radical (unpaired) electrons. The Morgan fingerprint density at radius 1 is 1.20 bits per heavy atom. The van der Waals surface area contributed by atoms with Gasteiger partial charge in [0.1, 0.15) is 11.7 Å². The van der Waals surface area contributed by atoms with Gasteiger partial charge in [0, 0.05) is 19.3 Å². The van der Waals surface area contributed by atoms with Gasteiger partial charge in [-0.3, -0.25) is 4.57 Å². The minimum Gasteiger partial charge on any atom is -0.286 e. The number of aryl methyl sites for hydroxylation is 1. The van der Waals surface area contributed by atoms with E-state index in [2.05, 4.69) is 57.2 Å². The molecular weight excluding hydrogens is 248 g/mol. The summed E-state index contributed by atoms with van der Waals surface area (Å²) in [5.74, 6) is 2.28. The molecule has 2 aromatic heterocycles. The predicted molar refractivity (Wildman–Crippen MR) is 80.8 cm³/mol. The second kappa shape index (κ2) is 4.08. The highest BCUT2D eigenvalue weighted by Crippen LogP contribution is 2.43. The standard InChI is InChI=1S/C16H21N4/c1-13-16(8-4-3-5-9-16)19-12-10-17-15(19)20(13)14-7-6-11-18(14)2/h6-7,10-12H,3-5,8-9H2,1-2H3/q+1. The maximum absolute atomic E-state index is 4.63. The van der Waals surface area contributed by atoms with Crippen molar-refractivity contribution in [2.45, 2.75) is 44.6 Å². The maximum atomic E-state index is 4.63. The van der Waals surface area contributed by atoms with Gasteiger partial charge in [-0.25, -0.2) is 4.57 Å². The Labute approximate surface area is 119 Å². The monoisotopic (exact) mass is 269 g/mol. The smallest absolute Gasteiger partial charge is 0.286 e. The summed E-state index contributed by atoms with van der Waals surface area (Å²) in [6.07, 6.45) is 12.7. The van der Waals surface area contributed by atoms with Gasteiger partial charge >= 0.3 is 5.95 Å². The number of imidazole rings is 1. The second-order valence-corrected chi connectivity index (χ2v) is 6.09. The largest absolute Gasteiger partial charge is 0.359 e.